The van der Waals surface area contributed by atoms with Gasteiger partial charge in [0.25, 0.3) is 0 Å². The van der Waals surface area contributed by atoms with Gasteiger partial charge in [-0.1, -0.05) is 18.2 Å². The summed E-state index contributed by atoms with van der Waals surface area (Å²) < 4.78 is 53.8. The molecule has 0 heterocycles. The Morgan fingerprint density at radius 2 is 1.81 bits per heavy atom. The topological polar surface area (TPSA) is 29.5 Å². The molecule has 2 nitrogen and oxygen atoms in total. The normalized spacial score (nSPS) is 13.0. The Hall–Kier alpha value is -1.35. The van der Waals surface area contributed by atoms with Gasteiger partial charge in [-0.2, -0.15) is 0 Å². The second-order valence-electron chi connectivity index (χ2n) is 4.19. The summed E-state index contributed by atoms with van der Waals surface area (Å²) in [5.74, 6) is -0.874. The summed E-state index contributed by atoms with van der Waals surface area (Å²) in [4.78, 5) is 0. The molecule has 1 N–H and O–H groups in total. The van der Waals surface area contributed by atoms with Crippen LogP contribution in [0.5, 0.6) is 5.75 Å². The van der Waals surface area contributed by atoms with Crippen molar-refractivity contribution in [2.24, 2.45) is 0 Å². The van der Waals surface area contributed by atoms with E-state index >= 15 is 0 Å². The van der Waals surface area contributed by atoms with Crippen molar-refractivity contribution in [3.8, 4) is 5.75 Å². The van der Waals surface area contributed by atoms with Crippen molar-refractivity contribution in [2.75, 3.05) is 0 Å². The molecule has 0 bridgehead atoms. The summed E-state index contributed by atoms with van der Waals surface area (Å²) in [6, 6.07) is 8.84. The van der Waals surface area contributed by atoms with Crippen LogP contribution in [-0.4, -0.2) is 11.5 Å². The van der Waals surface area contributed by atoms with Crippen LogP contribution in [0.2, 0.25) is 0 Å². The first-order valence-electron chi connectivity index (χ1n) is 5.75. The zero-order valence-electron chi connectivity index (χ0n) is 10.4. The molecule has 0 aromatic heterocycles. The molecule has 0 amide bonds. The first kappa shape index (κ1) is 16.0. The van der Waals surface area contributed by atoms with Crippen molar-refractivity contribution in [2.45, 2.75) is 12.5 Å². The fraction of sp³-hybridized carbons (Fsp3) is 0.143. The Labute approximate surface area is 131 Å². The summed E-state index contributed by atoms with van der Waals surface area (Å²) in [5.41, 5.74) is 0.627. The molecule has 7 heteroatoms. The van der Waals surface area contributed by atoms with Gasteiger partial charge >= 0.3 is 6.36 Å². The van der Waals surface area contributed by atoms with E-state index in [-0.39, 0.29) is 5.56 Å². The van der Waals surface area contributed by atoms with Gasteiger partial charge in [-0.15, -0.1) is 13.2 Å². The van der Waals surface area contributed by atoms with Crippen LogP contribution in [-0.2, 0) is 0 Å². The van der Waals surface area contributed by atoms with Crippen LogP contribution in [0.1, 0.15) is 17.2 Å². The molecule has 2 aromatic carbocycles. The van der Waals surface area contributed by atoms with E-state index < -0.39 is 24.0 Å². The molecular formula is C14H9F4IO2. The highest BCUT2D eigenvalue weighted by Gasteiger charge is 2.31. The number of hydrogen-bond donors (Lipinski definition) is 1. The van der Waals surface area contributed by atoms with Gasteiger partial charge in [-0.05, 0) is 58.0 Å². The first-order chi connectivity index (χ1) is 9.76. The number of halogens is 5. The molecule has 0 saturated carbocycles. The van der Waals surface area contributed by atoms with Crippen LogP contribution < -0.4 is 4.74 Å². The predicted octanol–water partition coefficient (Wildman–Crippen LogP) is 4.41. The molecular weight excluding hydrogens is 403 g/mol. The van der Waals surface area contributed by atoms with Crippen LogP contribution >= 0.6 is 22.6 Å². The Morgan fingerprint density at radius 3 is 2.43 bits per heavy atom. The van der Waals surface area contributed by atoms with E-state index in [0.717, 1.165) is 12.1 Å². The van der Waals surface area contributed by atoms with Gasteiger partial charge in [0, 0.05) is 3.57 Å². The van der Waals surface area contributed by atoms with Gasteiger partial charge in [0.05, 0.1) is 0 Å². The summed E-state index contributed by atoms with van der Waals surface area (Å²) >= 11 is 1.85. The Balaban J connectivity index is 2.31. The second-order valence-corrected chi connectivity index (χ2v) is 5.35. The number of aliphatic hydroxyl groups is 1. The molecule has 0 aliphatic rings. The summed E-state index contributed by atoms with van der Waals surface area (Å²) in [6.07, 6.45) is -5.97. The lowest BCUT2D eigenvalue weighted by molar-refractivity contribution is -0.274. The Bertz CT molecular complexity index is 643. The van der Waals surface area contributed by atoms with E-state index in [0.29, 0.717) is 9.13 Å². The van der Waals surface area contributed by atoms with E-state index in [9.17, 15) is 22.7 Å². The smallest absolute Gasteiger partial charge is 0.406 e. The number of aliphatic hydroxyl groups excluding tert-OH is 1. The monoisotopic (exact) mass is 412 g/mol. The predicted molar refractivity (Wildman–Crippen MR) is 76.3 cm³/mol. The third-order valence-electron chi connectivity index (χ3n) is 2.66. The van der Waals surface area contributed by atoms with Gasteiger partial charge in [-0.3, -0.25) is 0 Å². The van der Waals surface area contributed by atoms with Crippen LogP contribution in [0, 0.1) is 9.39 Å². The van der Waals surface area contributed by atoms with Crippen molar-refractivity contribution < 1.29 is 27.4 Å². The zero-order valence-corrected chi connectivity index (χ0v) is 12.5. The number of hydrogen-bond acceptors (Lipinski definition) is 2. The van der Waals surface area contributed by atoms with E-state index in [1.54, 1.807) is 0 Å². The lowest BCUT2D eigenvalue weighted by Gasteiger charge is -2.15. The average Bonchev–Trinajstić information content (AvgIpc) is 2.36. The molecule has 2 rings (SSSR count). The molecule has 0 aliphatic heterocycles. The van der Waals surface area contributed by atoms with Gasteiger partial charge in [-0.25, -0.2) is 4.39 Å². The highest BCUT2D eigenvalue weighted by Crippen LogP contribution is 2.30. The maximum absolute atomic E-state index is 13.0. The molecule has 21 heavy (non-hydrogen) atoms. The lowest BCUT2D eigenvalue weighted by atomic mass is 10.0. The molecule has 2 aromatic rings. The maximum Gasteiger partial charge on any atom is 0.573 e. The zero-order chi connectivity index (χ0) is 15.6. The minimum atomic E-state index is -4.80. The second kappa shape index (κ2) is 6.18. The van der Waals surface area contributed by atoms with Crippen LogP contribution in [0.3, 0.4) is 0 Å². The standard InChI is InChI=1S/C14H9F4IO2/c15-9-4-5-11(12(19)7-9)13(20)8-2-1-3-10(6-8)21-14(16,17)18/h1-7,13,20H. The summed E-state index contributed by atoms with van der Waals surface area (Å²) in [5, 5.41) is 10.2. The molecule has 0 fully saturated rings. The summed E-state index contributed by atoms with van der Waals surface area (Å²) in [6.45, 7) is 0. The molecule has 0 spiro atoms. The fourth-order valence-corrected chi connectivity index (χ4v) is 2.56. The average molecular weight is 412 g/mol. The third-order valence-corrected chi connectivity index (χ3v) is 3.60. The van der Waals surface area contributed by atoms with Crippen LogP contribution in [0.25, 0.3) is 0 Å². The van der Waals surface area contributed by atoms with Crippen molar-refractivity contribution in [1.82, 2.24) is 0 Å². The first-order valence-corrected chi connectivity index (χ1v) is 6.83. The quantitative estimate of drug-likeness (QED) is 0.598. The molecule has 0 saturated heterocycles. The number of benzene rings is 2. The van der Waals surface area contributed by atoms with E-state index in [1.807, 2.05) is 22.6 Å². The molecule has 1 atom stereocenters. The lowest BCUT2D eigenvalue weighted by Crippen LogP contribution is -2.17. The Morgan fingerprint density at radius 1 is 1.10 bits per heavy atom. The number of ether oxygens (including phenoxy) is 1. The highest BCUT2D eigenvalue weighted by atomic mass is 127. The largest absolute Gasteiger partial charge is 0.573 e. The van der Waals surface area contributed by atoms with Crippen molar-refractivity contribution in [1.29, 1.82) is 0 Å². The van der Waals surface area contributed by atoms with Crippen molar-refractivity contribution in [3.05, 3.63) is 63.0 Å². The van der Waals surface area contributed by atoms with E-state index in [1.165, 1.54) is 30.3 Å². The van der Waals surface area contributed by atoms with Gasteiger partial charge in [0.15, 0.2) is 0 Å². The summed E-state index contributed by atoms with van der Waals surface area (Å²) in [7, 11) is 0. The molecule has 0 radical (unpaired) electrons. The Kier molecular flexibility index (Phi) is 4.72. The fourth-order valence-electron chi connectivity index (χ4n) is 1.78. The van der Waals surface area contributed by atoms with Crippen LogP contribution in [0.4, 0.5) is 17.6 Å². The van der Waals surface area contributed by atoms with Crippen molar-refractivity contribution >= 4 is 22.6 Å². The van der Waals surface area contributed by atoms with E-state index in [4.69, 9.17) is 0 Å². The number of rotatable bonds is 3. The molecule has 1 unspecified atom stereocenters. The minimum Gasteiger partial charge on any atom is -0.406 e. The molecule has 112 valence electrons. The third kappa shape index (κ3) is 4.31. The van der Waals surface area contributed by atoms with Gasteiger partial charge < -0.3 is 9.84 Å². The molecule has 0 aliphatic carbocycles. The number of alkyl halides is 3. The van der Waals surface area contributed by atoms with Gasteiger partial charge in [0.2, 0.25) is 0 Å². The SMILES string of the molecule is OC(c1cccc(OC(F)(F)F)c1)c1ccc(F)cc1I. The maximum atomic E-state index is 13.0. The van der Waals surface area contributed by atoms with Crippen LogP contribution in [0.15, 0.2) is 42.5 Å². The highest BCUT2D eigenvalue weighted by molar-refractivity contribution is 14.1. The minimum absolute atomic E-state index is 0.223. The van der Waals surface area contributed by atoms with Gasteiger partial charge in [0.1, 0.15) is 17.7 Å². The van der Waals surface area contributed by atoms with E-state index in [2.05, 4.69) is 4.74 Å². The van der Waals surface area contributed by atoms with Crippen molar-refractivity contribution in [3.63, 3.8) is 0 Å².